The number of nitrogens with zero attached hydrogens (tertiary/aromatic N) is 2. The molecule has 2 aliphatic rings. The number of aryl methyl sites for hydroxylation is 2. The lowest BCUT2D eigenvalue weighted by Crippen LogP contribution is -3.11. The molecule has 142 valence electrons. The molecule has 0 unspecified atom stereocenters. The van der Waals surface area contributed by atoms with Crippen molar-refractivity contribution >= 4 is 27.4 Å². The number of hydrogen-bond donors (Lipinski definition) is 2. The fourth-order valence-electron chi connectivity index (χ4n) is 4.22. The van der Waals surface area contributed by atoms with E-state index >= 15 is 0 Å². The van der Waals surface area contributed by atoms with Crippen LogP contribution in [0.2, 0.25) is 0 Å². The van der Waals surface area contributed by atoms with Gasteiger partial charge in [0.25, 0.3) is 0 Å². The Labute approximate surface area is 160 Å². The van der Waals surface area contributed by atoms with E-state index in [1.807, 2.05) is 18.3 Å². The topological polar surface area (TPSA) is 51.5 Å². The van der Waals surface area contributed by atoms with Gasteiger partial charge in [0.15, 0.2) is 5.82 Å². The predicted molar refractivity (Wildman–Crippen MR) is 107 cm³/mol. The molecule has 6 heteroatoms. The van der Waals surface area contributed by atoms with Crippen LogP contribution in [0.5, 0.6) is 0 Å². The number of anilines is 1. The molecule has 1 aliphatic carbocycles. The predicted octanol–water partition coefficient (Wildman–Crippen LogP) is 2.59. The van der Waals surface area contributed by atoms with Crippen LogP contribution in [0.3, 0.4) is 0 Å². The second-order valence-corrected chi connectivity index (χ2v) is 8.57. The third-order valence-electron chi connectivity index (χ3n) is 5.54. The summed E-state index contributed by atoms with van der Waals surface area (Å²) in [6, 6.07) is 0. The maximum absolute atomic E-state index is 5.47. The Morgan fingerprint density at radius 3 is 2.85 bits per heavy atom. The molecular formula is C20H31N4OS+. The summed E-state index contributed by atoms with van der Waals surface area (Å²) in [6.07, 6.45) is 8.75. The Balaban J connectivity index is 1.55. The minimum absolute atomic E-state index is 0.790. The summed E-state index contributed by atoms with van der Waals surface area (Å²) in [5, 5.41) is 4.91. The molecule has 0 bridgehead atoms. The monoisotopic (exact) mass is 375 g/mol. The van der Waals surface area contributed by atoms with Crippen molar-refractivity contribution in [3.05, 3.63) is 16.3 Å². The molecule has 0 saturated carbocycles. The lowest BCUT2D eigenvalue weighted by molar-refractivity contribution is -0.919. The van der Waals surface area contributed by atoms with Crippen LogP contribution in [-0.2, 0) is 24.1 Å². The summed E-state index contributed by atoms with van der Waals surface area (Å²) >= 11 is 1.90. The fraction of sp³-hybridized carbons (Fsp3) is 0.700. The van der Waals surface area contributed by atoms with Crippen LogP contribution in [-0.4, -0.2) is 42.8 Å². The molecule has 3 heterocycles. The van der Waals surface area contributed by atoms with Gasteiger partial charge in [-0.15, -0.1) is 11.3 Å². The minimum Gasteiger partial charge on any atom is -0.382 e. The van der Waals surface area contributed by atoms with E-state index in [1.54, 1.807) is 4.90 Å². The van der Waals surface area contributed by atoms with Crippen LogP contribution >= 0.6 is 11.3 Å². The first-order valence-electron chi connectivity index (χ1n) is 10.3. The molecule has 2 N–H and O–H groups in total. The molecule has 0 radical (unpaired) electrons. The number of quaternary nitrogens is 1. The average molecular weight is 376 g/mol. The molecule has 26 heavy (non-hydrogen) atoms. The van der Waals surface area contributed by atoms with E-state index < -0.39 is 0 Å². The highest BCUT2D eigenvalue weighted by atomic mass is 32.1. The molecule has 2 aromatic rings. The SMILES string of the molecule is CCOCCCNc1nc(C[NH+]2CCCCC2)nc2sc3c(c12)CCC3. The standard InChI is InChI=1S/C20H30N4OS/c1-2-25-13-7-10-21-19-18-15-8-6-9-16(15)26-20(18)23-17(22-19)14-24-11-4-3-5-12-24/h2-14H2,1H3,(H,21,22,23)/p+1. The maximum Gasteiger partial charge on any atom is 0.187 e. The van der Waals surface area contributed by atoms with E-state index in [2.05, 4.69) is 5.32 Å². The van der Waals surface area contributed by atoms with Crippen LogP contribution in [0, 0.1) is 0 Å². The van der Waals surface area contributed by atoms with Gasteiger partial charge in [-0.1, -0.05) is 0 Å². The number of fused-ring (bicyclic) bond motifs is 3. The molecule has 1 fully saturated rings. The highest BCUT2D eigenvalue weighted by molar-refractivity contribution is 7.19. The van der Waals surface area contributed by atoms with Crippen LogP contribution in [0.1, 0.15) is 55.3 Å². The van der Waals surface area contributed by atoms with Gasteiger partial charge < -0.3 is 15.0 Å². The summed E-state index contributed by atoms with van der Waals surface area (Å²) in [7, 11) is 0. The Bertz CT molecular complexity index is 739. The van der Waals surface area contributed by atoms with Crippen LogP contribution in [0.25, 0.3) is 10.2 Å². The molecule has 2 aromatic heterocycles. The Kier molecular flexibility index (Phi) is 6.02. The van der Waals surface area contributed by atoms with E-state index in [0.717, 1.165) is 44.4 Å². The average Bonchev–Trinajstić information content (AvgIpc) is 3.23. The van der Waals surface area contributed by atoms with Gasteiger partial charge in [0, 0.05) is 24.6 Å². The van der Waals surface area contributed by atoms with Gasteiger partial charge in [0.05, 0.1) is 18.5 Å². The Morgan fingerprint density at radius 1 is 1.12 bits per heavy atom. The number of rotatable bonds is 8. The number of nitrogens with one attached hydrogen (secondary N) is 2. The molecular weight excluding hydrogens is 344 g/mol. The maximum atomic E-state index is 5.47. The Hall–Kier alpha value is -1.24. The fourth-order valence-corrected chi connectivity index (χ4v) is 5.50. The summed E-state index contributed by atoms with van der Waals surface area (Å²) in [5.41, 5.74) is 1.51. The van der Waals surface area contributed by atoms with Crippen molar-refractivity contribution in [3.8, 4) is 0 Å². The van der Waals surface area contributed by atoms with Crippen molar-refractivity contribution in [2.45, 2.75) is 58.4 Å². The second kappa shape index (κ2) is 8.63. The van der Waals surface area contributed by atoms with Gasteiger partial charge in [-0.05, 0) is 57.4 Å². The molecule has 0 spiro atoms. The van der Waals surface area contributed by atoms with Gasteiger partial charge >= 0.3 is 0 Å². The first kappa shape index (κ1) is 18.1. The van der Waals surface area contributed by atoms with Crippen LogP contribution < -0.4 is 10.2 Å². The second-order valence-electron chi connectivity index (χ2n) is 7.49. The Morgan fingerprint density at radius 2 is 2.00 bits per heavy atom. The molecule has 4 rings (SSSR count). The number of thiophene rings is 1. The van der Waals surface area contributed by atoms with E-state index in [-0.39, 0.29) is 0 Å². The van der Waals surface area contributed by atoms with E-state index in [1.165, 1.54) is 72.3 Å². The molecule has 0 atom stereocenters. The van der Waals surface area contributed by atoms with E-state index in [4.69, 9.17) is 14.7 Å². The smallest absolute Gasteiger partial charge is 0.187 e. The van der Waals surface area contributed by atoms with Crippen molar-refractivity contribution in [1.82, 2.24) is 9.97 Å². The molecule has 0 aromatic carbocycles. The molecule has 0 amide bonds. The minimum atomic E-state index is 0.790. The van der Waals surface area contributed by atoms with Crippen molar-refractivity contribution < 1.29 is 9.64 Å². The van der Waals surface area contributed by atoms with Gasteiger partial charge in [-0.2, -0.15) is 0 Å². The molecule has 1 aliphatic heterocycles. The molecule has 1 saturated heterocycles. The van der Waals surface area contributed by atoms with Gasteiger partial charge in [-0.25, -0.2) is 9.97 Å². The summed E-state index contributed by atoms with van der Waals surface area (Å²) < 4.78 is 5.47. The molecule has 5 nitrogen and oxygen atoms in total. The van der Waals surface area contributed by atoms with Gasteiger partial charge in [0.2, 0.25) is 0 Å². The summed E-state index contributed by atoms with van der Waals surface area (Å²) in [5.74, 6) is 2.08. The number of hydrogen-bond acceptors (Lipinski definition) is 5. The number of piperidine rings is 1. The highest BCUT2D eigenvalue weighted by Crippen LogP contribution is 2.39. The van der Waals surface area contributed by atoms with Crippen molar-refractivity contribution in [2.24, 2.45) is 0 Å². The van der Waals surface area contributed by atoms with E-state index in [9.17, 15) is 0 Å². The highest BCUT2D eigenvalue weighted by Gasteiger charge is 2.23. The lowest BCUT2D eigenvalue weighted by Gasteiger charge is -2.23. The third-order valence-corrected chi connectivity index (χ3v) is 6.73. The summed E-state index contributed by atoms with van der Waals surface area (Å²) in [4.78, 5) is 14.3. The quantitative estimate of drug-likeness (QED) is 0.697. The van der Waals surface area contributed by atoms with Crippen molar-refractivity contribution in [2.75, 3.05) is 38.2 Å². The zero-order valence-corrected chi connectivity index (χ0v) is 16.7. The normalized spacial score (nSPS) is 17.7. The zero-order chi connectivity index (χ0) is 17.8. The van der Waals surface area contributed by atoms with E-state index in [0.29, 0.717) is 0 Å². The van der Waals surface area contributed by atoms with Gasteiger partial charge in [0.1, 0.15) is 17.2 Å². The van der Waals surface area contributed by atoms with Gasteiger partial charge in [-0.3, -0.25) is 0 Å². The van der Waals surface area contributed by atoms with Crippen LogP contribution in [0.4, 0.5) is 5.82 Å². The number of likely N-dealkylation sites (tertiary alicyclic amines) is 1. The van der Waals surface area contributed by atoms with Crippen molar-refractivity contribution in [3.63, 3.8) is 0 Å². The largest absolute Gasteiger partial charge is 0.382 e. The zero-order valence-electron chi connectivity index (χ0n) is 15.9. The summed E-state index contributed by atoms with van der Waals surface area (Å²) in [6.45, 7) is 8.05. The third kappa shape index (κ3) is 4.02. The number of aromatic nitrogens is 2. The van der Waals surface area contributed by atoms with Crippen LogP contribution in [0.15, 0.2) is 0 Å². The van der Waals surface area contributed by atoms with Crippen molar-refractivity contribution in [1.29, 1.82) is 0 Å². The lowest BCUT2D eigenvalue weighted by atomic mass is 10.1. The first-order chi connectivity index (χ1) is 12.8. The number of ether oxygens (including phenoxy) is 1. The first-order valence-corrected chi connectivity index (χ1v) is 11.1.